The van der Waals surface area contributed by atoms with Crippen LogP contribution < -0.4 is 5.32 Å². The maximum atomic E-state index is 14.1. The number of fused-ring (bicyclic) bond motifs is 1. The van der Waals surface area contributed by atoms with E-state index in [0.717, 1.165) is 11.1 Å². The maximum absolute atomic E-state index is 14.1. The van der Waals surface area contributed by atoms with E-state index in [1.54, 1.807) is 12.2 Å². The zero-order valence-corrected chi connectivity index (χ0v) is 19.1. The number of carbonyl (C=O) groups is 3. The molecule has 1 unspecified atom stereocenters. The van der Waals surface area contributed by atoms with Gasteiger partial charge in [0, 0.05) is 6.42 Å². The Bertz CT molecular complexity index is 1100. The zero-order valence-electron chi connectivity index (χ0n) is 19.1. The molecule has 0 radical (unpaired) electrons. The number of methoxy groups -OCH3 is 1. The summed E-state index contributed by atoms with van der Waals surface area (Å²) in [6.45, 7) is 4.19. The highest BCUT2D eigenvalue weighted by atomic mass is 16.5. The van der Waals surface area contributed by atoms with Crippen LogP contribution in [0.1, 0.15) is 24.0 Å². The summed E-state index contributed by atoms with van der Waals surface area (Å²) in [5.74, 6) is -0.869. The molecule has 2 aliphatic rings. The predicted molar refractivity (Wildman–Crippen MR) is 127 cm³/mol. The molecule has 0 aliphatic carbocycles. The van der Waals surface area contributed by atoms with Crippen molar-refractivity contribution in [3.63, 3.8) is 0 Å². The number of hydrogen-bond acceptors (Lipinski definition) is 5. The van der Waals surface area contributed by atoms with E-state index in [4.69, 9.17) is 9.47 Å². The number of benzene rings is 2. The number of amides is 2. The molecule has 2 heterocycles. The van der Waals surface area contributed by atoms with Gasteiger partial charge in [-0.1, -0.05) is 73.3 Å². The molecule has 0 bridgehead atoms. The lowest BCUT2D eigenvalue weighted by molar-refractivity contribution is -0.153. The fourth-order valence-electron chi connectivity index (χ4n) is 4.62. The molecule has 4 rings (SSSR count). The topological polar surface area (TPSA) is 84.9 Å². The Morgan fingerprint density at radius 1 is 1.06 bits per heavy atom. The van der Waals surface area contributed by atoms with E-state index in [2.05, 4.69) is 11.9 Å². The van der Waals surface area contributed by atoms with Crippen LogP contribution in [0.25, 0.3) is 0 Å². The normalized spacial score (nSPS) is 23.7. The van der Waals surface area contributed by atoms with E-state index in [-0.39, 0.29) is 25.0 Å². The lowest BCUT2D eigenvalue weighted by atomic mass is 9.88. The minimum Gasteiger partial charge on any atom is -0.467 e. The Morgan fingerprint density at radius 3 is 2.35 bits per heavy atom. The Morgan fingerprint density at radius 2 is 1.71 bits per heavy atom. The van der Waals surface area contributed by atoms with Crippen molar-refractivity contribution >= 4 is 18.0 Å². The van der Waals surface area contributed by atoms with Crippen LogP contribution in [0.5, 0.6) is 0 Å². The Labute approximate surface area is 199 Å². The quantitative estimate of drug-likeness (QED) is 0.667. The summed E-state index contributed by atoms with van der Waals surface area (Å²) < 4.78 is 10.4. The Balaban J connectivity index is 1.66. The number of esters is 1. The van der Waals surface area contributed by atoms with Crippen molar-refractivity contribution in [1.29, 1.82) is 0 Å². The first-order chi connectivity index (χ1) is 16.4. The van der Waals surface area contributed by atoms with Gasteiger partial charge in [0.2, 0.25) is 0 Å². The second-order valence-electron chi connectivity index (χ2n) is 8.57. The molecular weight excluding hydrogens is 432 g/mol. The molecule has 2 amide bonds. The number of hydrogen-bond donors (Lipinski definition) is 1. The largest absolute Gasteiger partial charge is 0.467 e. The first-order valence-corrected chi connectivity index (χ1v) is 11.2. The van der Waals surface area contributed by atoms with Gasteiger partial charge in [0.15, 0.2) is 0 Å². The lowest BCUT2D eigenvalue weighted by Gasteiger charge is -2.36. The molecule has 2 aliphatic heterocycles. The minimum absolute atomic E-state index is 0.0653. The number of rotatable bonds is 6. The van der Waals surface area contributed by atoms with Gasteiger partial charge in [-0.3, -0.25) is 4.79 Å². The first kappa shape index (κ1) is 23.3. The summed E-state index contributed by atoms with van der Waals surface area (Å²) in [6.07, 6.45) is 3.96. The molecule has 1 saturated heterocycles. The molecule has 7 heteroatoms. The van der Waals surface area contributed by atoms with Gasteiger partial charge in [0.25, 0.3) is 5.91 Å². The molecule has 0 aromatic heterocycles. The third-order valence-electron chi connectivity index (χ3n) is 6.35. The summed E-state index contributed by atoms with van der Waals surface area (Å²) in [5, 5.41) is 2.82. The fraction of sp³-hybridized carbons (Fsp3) is 0.296. The van der Waals surface area contributed by atoms with Gasteiger partial charge < -0.3 is 19.7 Å². The number of ether oxygens (including phenoxy) is 2. The van der Waals surface area contributed by atoms with Gasteiger partial charge in [-0.15, -0.1) is 0 Å². The highest BCUT2D eigenvalue weighted by Crippen LogP contribution is 2.36. The third kappa shape index (κ3) is 4.73. The van der Waals surface area contributed by atoms with Gasteiger partial charge in [-0.25, -0.2) is 9.59 Å². The van der Waals surface area contributed by atoms with Crippen molar-refractivity contribution in [1.82, 2.24) is 10.2 Å². The second kappa shape index (κ2) is 9.95. The molecule has 3 atom stereocenters. The van der Waals surface area contributed by atoms with E-state index in [0.29, 0.717) is 18.4 Å². The summed E-state index contributed by atoms with van der Waals surface area (Å²) in [6, 6.07) is 17.6. The number of alkyl carbamates (subject to hydrolysis) is 1. The molecule has 7 nitrogen and oxygen atoms in total. The molecule has 34 heavy (non-hydrogen) atoms. The third-order valence-corrected chi connectivity index (χ3v) is 6.35. The highest BCUT2D eigenvalue weighted by molar-refractivity contribution is 5.96. The van der Waals surface area contributed by atoms with E-state index in [1.807, 2.05) is 60.7 Å². The van der Waals surface area contributed by atoms with Crippen LogP contribution >= 0.6 is 0 Å². The Kier molecular flexibility index (Phi) is 6.82. The van der Waals surface area contributed by atoms with Crippen LogP contribution in [0, 0.1) is 0 Å². The van der Waals surface area contributed by atoms with E-state index < -0.39 is 23.6 Å². The molecule has 0 spiro atoms. The molecule has 0 saturated carbocycles. The first-order valence-electron chi connectivity index (χ1n) is 11.2. The van der Waals surface area contributed by atoms with Crippen molar-refractivity contribution in [3.8, 4) is 0 Å². The van der Waals surface area contributed by atoms with Crippen molar-refractivity contribution in [2.45, 2.75) is 43.5 Å². The fourth-order valence-corrected chi connectivity index (χ4v) is 4.62. The van der Waals surface area contributed by atoms with E-state index in [1.165, 1.54) is 12.0 Å². The molecule has 1 fully saturated rings. The van der Waals surface area contributed by atoms with Crippen LogP contribution in [0.3, 0.4) is 0 Å². The molecule has 176 valence electrons. The van der Waals surface area contributed by atoms with Crippen LogP contribution in [-0.4, -0.2) is 47.6 Å². The predicted octanol–water partition coefficient (Wildman–Crippen LogP) is 3.55. The Hall–Kier alpha value is -3.87. The average molecular weight is 461 g/mol. The van der Waals surface area contributed by atoms with Crippen molar-refractivity contribution in [3.05, 3.63) is 96.1 Å². The van der Waals surface area contributed by atoms with Crippen LogP contribution in [-0.2, 0) is 32.1 Å². The molecular formula is C27H28N2O5. The number of carbonyl (C=O) groups excluding carboxylic acids is 3. The maximum Gasteiger partial charge on any atom is 0.408 e. The number of nitrogens with one attached hydrogen (secondary N) is 1. The SMILES string of the molecule is C=C1C=CC(Cc2ccccc2)(NC(=O)OCc2ccccc2)C(=O)N2[C@@H]1CC[C@H]2C(=O)OC. The van der Waals surface area contributed by atoms with Gasteiger partial charge in [0.1, 0.15) is 18.2 Å². The number of nitrogens with zero attached hydrogens (tertiary/aromatic N) is 1. The van der Waals surface area contributed by atoms with Crippen molar-refractivity contribution in [2.24, 2.45) is 0 Å². The summed E-state index contributed by atoms with van der Waals surface area (Å²) in [4.78, 5) is 41.1. The second-order valence-corrected chi connectivity index (χ2v) is 8.57. The van der Waals surface area contributed by atoms with Gasteiger partial charge >= 0.3 is 12.1 Å². The molecule has 1 N–H and O–H groups in total. The minimum atomic E-state index is -1.45. The van der Waals surface area contributed by atoms with Crippen LogP contribution in [0.15, 0.2) is 85.0 Å². The summed E-state index contributed by atoms with van der Waals surface area (Å²) >= 11 is 0. The van der Waals surface area contributed by atoms with Crippen LogP contribution in [0.4, 0.5) is 4.79 Å². The van der Waals surface area contributed by atoms with Gasteiger partial charge in [-0.05, 0) is 35.6 Å². The summed E-state index contributed by atoms with van der Waals surface area (Å²) in [5.41, 5.74) is 0.927. The standard InChI is InChI=1S/C27H28N2O5/c1-19-15-16-27(17-20-9-5-3-6-10-20,28-26(32)34-18-21-11-7-4-8-12-21)25(31)29-22(19)13-14-23(29)24(30)33-2/h3-12,15-16,22-23H,1,13-14,17-18H2,2H3,(H,28,32)/t22-,23+,27?/m1/s1. The smallest absolute Gasteiger partial charge is 0.408 e. The van der Waals surface area contributed by atoms with Crippen molar-refractivity contribution < 1.29 is 23.9 Å². The zero-order chi connectivity index (χ0) is 24.1. The van der Waals surface area contributed by atoms with E-state index >= 15 is 0 Å². The van der Waals surface area contributed by atoms with Gasteiger partial charge in [-0.2, -0.15) is 0 Å². The molecule has 2 aromatic carbocycles. The highest BCUT2D eigenvalue weighted by Gasteiger charge is 2.51. The average Bonchev–Trinajstić information content (AvgIpc) is 3.28. The van der Waals surface area contributed by atoms with E-state index in [9.17, 15) is 14.4 Å². The monoisotopic (exact) mass is 460 g/mol. The summed E-state index contributed by atoms with van der Waals surface area (Å²) in [7, 11) is 1.31. The van der Waals surface area contributed by atoms with Crippen molar-refractivity contribution in [2.75, 3.05) is 7.11 Å². The lowest BCUT2D eigenvalue weighted by Crippen LogP contribution is -2.62. The van der Waals surface area contributed by atoms with Crippen LogP contribution in [0.2, 0.25) is 0 Å². The van der Waals surface area contributed by atoms with Gasteiger partial charge in [0.05, 0.1) is 13.2 Å². The molecule has 2 aromatic rings.